The Morgan fingerprint density at radius 2 is 2.11 bits per heavy atom. The van der Waals surface area contributed by atoms with Gasteiger partial charge in [0.15, 0.2) is 0 Å². The normalized spacial score (nSPS) is 10.7. The molecule has 0 aliphatic heterocycles. The van der Waals surface area contributed by atoms with Gasteiger partial charge in [0.05, 0.1) is 12.8 Å². The van der Waals surface area contributed by atoms with Crippen molar-refractivity contribution in [3.63, 3.8) is 0 Å². The van der Waals surface area contributed by atoms with Crippen LogP contribution in [0.15, 0.2) is 22.7 Å². The van der Waals surface area contributed by atoms with Crippen molar-refractivity contribution in [1.29, 1.82) is 0 Å². The van der Waals surface area contributed by atoms with Crippen molar-refractivity contribution in [3.05, 3.63) is 46.3 Å². The second kappa shape index (κ2) is 5.89. The molecule has 0 aliphatic rings. The number of aromatic nitrogens is 1. The molecule has 0 spiro atoms. The van der Waals surface area contributed by atoms with Crippen molar-refractivity contribution < 1.29 is 9.26 Å². The predicted molar refractivity (Wildman–Crippen MR) is 74.5 cm³/mol. The summed E-state index contributed by atoms with van der Waals surface area (Å²) in [6.45, 7) is 4.55. The molecule has 4 heteroatoms. The summed E-state index contributed by atoms with van der Waals surface area (Å²) in [5.41, 5.74) is 10.0. The lowest BCUT2D eigenvalue weighted by Crippen LogP contribution is -2.04. The fourth-order valence-electron chi connectivity index (χ4n) is 2.24. The van der Waals surface area contributed by atoms with E-state index in [1.165, 1.54) is 5.56 Å². The van der Waals surface area contributed by atoms with Gasteiger partial charge in [0.2, 0.25) is 0 Å². The minimum atomic E-state index is 0.650. The van der Waals surface area contributed by atoms with E-state index >= 15 is 0 Å². The van der Waals surface area contributed by atoms with Crippen LogP contribution in [-0.4, -0.2) is 18.8 Å². The first-order valence-electron chi connectivity index (χ1n) is 6.43. The molecule has 1 aromatic carbocycles. The van der Waals surface area contributed by atoms with Crippen LogP contribution in [0.3, 0.4) is 0 Å². The molecule has 0 bridgehead atoms. The highest BCUT2D eigenvalue weighted by Gasteiger charge is 2.13. The average molecular weight is 260 g/mol. The zero-order valence-electron chi connectivity index (χ0n) is 11.7. The van der Waals surface area contributed by atoms with Gasteiger partial charge in [0, 0.05) is 12.0 Å². The van der Waals surface area contributed by atoms with Gasteiger partial charge >= 0.3 is 0 Å². The van der Waals surface area contributed by atoms with Crippen LogP contribution in [0.25, 0.3) is 0 Å². The average Bonchev–Trinajstić information content (AvgIpc) is 2.71. The lowest BCUT2D eigenvalue weighted by molar-refractivity contribution is 0.392. The number of benzene rings is 1. The monoisotopic (exact) mass is 260 g/mol. The Morgan fingerprint density at radius 3 is 2.68 bits per heavy atom. The molecule has 2 N–H and O–H groups in total. The van der Waals surface area contributed by atoms with Gasteiger partial charge < -0.3 is 15.0 Å². The van der Waals surface area contributed by atoms with Gasteiger partial charge in [-0.3, -0.25) is 0 Å². The molecule has 0 fully saturated rings. The van der Waals surface area contributed by atoms with E-state index in [0.717, 1.165) is 41.2 Å². The molecule has 0 unspecified atom stereocenters. The van der Waals surface area contributed by atoms with E-state index in [-0.39, 0.29) is 0 Å². The smallest absolute Gasteiger partial charge is 0.137 e. The highest BCUT2D eigenvalue weighted by Crippen LogP contribution is 2.25. The van der Waals surface area contributed by atoms with Gasteiger partial charge in [0.1, 0.15) is 11.5 Å². The second-order valence-electron chi connectivity index (χ2n) is 4.66. The molecule has 0 saturated heterocycles. The first kappa shape index (κ1) is 13.6. The second-order valence-corrected chi connectivity index (χ2v) is 4.66. The van der Waals surface area contributed by atoms with Crippen molar-refractivity contribution in [1.82, 2.24) is 5.16 Å². The quantitative estimate of drug-likeness (QED) is 0.896. The predicted octanol–water partition coefficient (Wildman–Crippen LogP) is 2.39. The number of hydrogen-bond acceptors (Lipinski definition) is 4. The van der Waals surface area contributed by atoms with Crippen molar-refractivity contribution in [2.75, 3.05) is 13.7 Å². The molecule has 4 nitrogen and oxygen atoms in total. The molecule has 1 heterocycles. The summed E-state index contributed by atoms with van der Waals surface area (Å²) in [5.74, 6) is 1.75. The molecule has 102 valence electrons. The van der Waals surface area contributed by atoms with Crippen molar-refractivity contribution in [2.45, 2.75) is 26.7 Å². The Bertz CT molecular complexity index is 542. The molecule has 2 rings (SSSR count). The van der Waals surface area contributed by atoms with Crippen LogP contribution in [0.5, 0.6) is 5.75 Å². The lowest BCUT2D eigenvalue weighted by atomic mass is 9.99. The molecule has 2 aromatic rings. The number of nitrogens with zero attached hydrogens (tertiary/aromatic N) is 1. The number of rotatable bonds is 5. The Labute approximate surface area is 113 Å². The number of methoxy groups -OCH3 is 1. The summed E-state index contributed by atoms with van der Waals surface area (Å²) < 4.78 is 10.6. The number of nitrogens with two attached hydrogens (primary N) is 1. The third-order valence-corrected chi connectivity index (χ3v) is 3.33. The minimum Gasteiger partial charge on any atom is -0.496 e. The Balaban J connectivity index is 2.34. The van der Waals surface area contributed by atoms with Gasteiger partial charge in [0.25, 0.3) is 0 Å². The summed E-state index contributed by atoms with van der Waals surface area (Å²) in [6, 6.07) is 6.21. The van der Waals surface area contributed by atoms with E-state index in [0.29, 0.717) is 6.54 Å². The van der Waals surface area contributed by atoms with Gasteiger partial charge in [-0.1, -0.05) is 17.3 Å². The molecule has 0 aliphatic carbocycles. The topological polar surface area (TPSA) is 61.3 Å². The van der Waals surface area contributed by atoms with Gasteiger partial charge in [-0.05, 0) is 44.0 Å². The van der Waals surface area contributed by atoms with Crippen molar-refractivity contribution in [3.8, 4) is 5.75 Å². The summed E-state index contributed by atoms with van der Waals surface area (Å²) >= 11 is 0. The van der Waals surface area contributed by atoms with E-state index in [1.807, 2.05) is 19.9 Å². The molecule has 19 heavy (non-hydrogen) atoms. The summed E-state index contributed by atoms with van der Waals surface area (Å²) in [7, 11) is 1.69. The zero-order valence-corrected chi connectivity index (χ0v) is 11.7. The first-order chi connectivity index (χ1) is 9.15. The lowest BCUT2D eigenvalue weighted by Gasteiger charge is -2.10. The molecule has 1 aromatic heterocycles. The zero-order chi connectivity index (χ0) is 13.8. The van der Waals surface area contributed by atoms with E-state index in [1.54, 1.807) is 7.11 Å². The van der Waals surface area contributed by atoms with Crippen LogP contribution in [0.2, 0.25) is 0 Å². The number of ether oxygens (including phenoxy) is 1. The molecular formula is C15H20N2O2. The summed E-state index contributed by atoms with van der Waals surface area (Å²) in [5, 5.41) is 3.99. The maximum absolute atomic E-state index is 5.61. The fourth-order valence-corrected chi connectivity index (χ4v) is 2.24. The highest BCUT2D eigenvalue weighted by molar-refractivity contribution is 5.41. The van der Waals surface area contributed by atoms with E-state index in [4.69, 9.17) is 15.0 Å². The highest BCUT2D eigenvalue weighted by atomic mass is 16.5. The maximum Gasteiger partial charge on any atom is 0.137 e. The van der Waals surface area contributed by atoms with Crippen LogP contribution >= 0.6 is 0 Å². The van der Waals surface area contributed by atoms with Crippen LogP contribution in [-0.2, 0) is 12.8 Å². The molecule has 0 saturated carbocycles. The Morgan fingerprint density at radius 1 is 1.32 bits per heavy atom. The standard InChI is InChI=1S/C15H20N2O2/c1-10-14(11(2)19-17-10)9-13-8-12(6-7-16)4-5-15(13)18-3/h4-5,8H,6-7,9,16H2,1-3H3. The van der Waals surface area contributed by atoms with Crippen LogP contribution in [0, 0.1) is 13.8 Å². The SMILES string of the molecule is COc1ccc(CCN)cc1Cc1c(C)noc1C. The van der Waals surface area contributed by atoms with Crippen molar-refractivity contribution >= 4 is 0 Å². The molecular weight excluding hydrogens is 240 g/mol. The van der Waals surface area contributed by atoms with E-state index in [2.05, 4.69) is 17.3 Å². The van der Waals surface area contributed by atoms with Gasteiger partial charge in [-0.15, -0.1) is 0 Å². The van der Waals surface area contributed by atoms with E-state index < -0.39 is 0 Å². The first-order valence-corrected chi connectivity index (χ1v) is 6.43. The maximum atomic E-state index is 5.61. The van der Waals surface area contributed by atoms with Gasteiger partial charge in [-0.2, -0.15) is 0 Å². The minimum absolute atomic E-state index is 0.650. The molecule has 0 amide bonds. The van der Waals surface area contributed by atoms with Crippen LogP contribution in [0.1, 0.15) is 28.1 Å². The summed E-state index contributed by atoms with van der Waals surface area (Å²) in [6.07, 6.45) is 1.64. The molecule has 0 radical (unpaired) electrons. The van der Waals surface area contributed by atoms with Crippen molar-refractivity contribution in [2.24, 2.45) is 5.73 Å². The van der Waals surface area contributed by atoms with Crippen LogP contribution < -0.4 is 10.5 Å². The van der Waals surface area contributed by atoms with Crippen LogP contribution in [0.4, 0.5) is 0 Å². The Kier molecular flexibility index (Phi) is 4.22. The van der Waals surface area contributed by atoms with E-state index in [9.17, 15) is 0 Å². The Hall–Kier alpha value is -1.81. The fraction of sp³-hybridized carbons (Fsp3) is 0.400. The number of aryl methyl sites for hydroxylation is 2. The van der Waals surface area contributed by atoms with Gasteiger partial charge in [-0.25, -0.2) is 0 Å². The summed E-state index contributed by atoms with van der Waals surface area (Å²) in [4.78, 5) is 0. The molecule has 0 atom stereocenters. The number of hydrogen-bond donors (Lipinski definition) is 1. The largest absolute Gasteiger partial charge is 0.496 e. The third kappa shape index (κ3) is 2.96. The third-order valence-electron chi connectivity index (χ3n) is 3.33.